The number of urea groups is 1. The first-order valence-corrected chi connectivity index (χ1v) is 9.42. The molecule has 2 aromatic rings. The highest BCUT2D eigenvalue weighted by Gasteiger charge is 2.32. The predicted octanol–water partition coefficient (Wildman–Crippen LogP) is 2.62. The first kappa shape index (κ1) is 18.2. The van der Waals surface area contributed by atoms with Crippen LogP contribution in [-0.2, 0) is 4.79 Å². The van der Waals surface area contributed by atoms with Crippen molar-refractivity contribution in [1.82, 2.24) is 10.6 Å². The minimum atomic E-state index is -0.279. The highest BCUT2D eigenvalue weighted by atomic mass is 16.6. The van der Waals surface area contributed by atoms with Crippen molar-refractivity contribution < 1.29 is 19.1 Å². The van der Waals surface area contributed by atoms with Gasteiger partial charge in [0.1, 0.15) is 13.2 Å². The van der Waals surface area contributed by atoms with E-state index in [1.54, 1.807) is 4.90 Å². The molecule has 2 aromatic carbocycles. The fourth-order valence-electron chi connectivity index (χ4n) is 3.50. The van der Waals surface area contributed by atoms with Crippen LogP contribution < -0.4 is 25.0 Å². The maximum atomic E-state index is 12.5. The molecule has 7 heteroatoms. The third-order valence-corrected chi connectivity index (χ3v) is 4.94. The SMILES string of the molecule is C[C@H](NC(=O)N[C@@H]1CC(=O)N(c2ccc3c(c2)OCCO3)C1)c1ccccc1. The van der Waals surface area contributed by atoms with Crippen molar-refractivity contribution in [3.05, 3.63) is 54.1 Å². The zero-order valence-corrected chi connectivity index (χ0v) is 15.7. The third kappa shape index (κ3) is 3.88. The van der Waals surface area contributed by atoms with Gasteiger partial charge in [-0.05, 0) is 24.6 Å². The topological polar surface area (TPSA) is 79.9 Å². The van der Waals surface area contributed by atoms with E-state index in [0.717, 1.165) is 11.3 Å². The van der Waals surface area contributed by atoms with Gasteiger partial charge in [0.2, 0.25) is 5.91 Å². The van der Waals surface area contributed by atoms with Crippen LogP contribution in [0.4, 0.5) is 10.5 Å². The quantitative estimate of drug-likeness (QED) is 0.853. The van der Waals surface area contributed by atoms with Crippen molar-refractivity contribution >= 4 is 17.6 Å². The summed E-state index contributed by atoms with van der Waals surface area (Å²) < 4.78 is 11.1. The summed E-state index contributed by atoms with van der Waals surface area (Å²) in [5, 5.41) is 5.82. The summed E-state index contributed by atoms with van der Waals surface area (Å²) in [6.45, 7) is 3.37. The molecular formula is C21H23N3O4. The maximum Gasteiger partial charge on any atom is 0.315 e. The predicted molar refractivity (Wildman–Crippen MR) is 105 cm³/mol. The van der Waals surface area contributed by atoms with Crippen LogP contribution in [0.3, 0.4) is 0 Å². The van der Waals surface area contributed by atoms with Crippen LogP contribution in [0.15, 0.2) is 48.5 Å². The van der Waals surface area contributed by atoms with Gasteiger partial charge in [-0.2, -0.15) is 0 Å². The second kappa shape index (κ2) is 7.80. The Hall–Kier alpha value is -3.22. The summed E-state index contributed by atoms with van der Waals surface area (Å²) in [6.07, 6.45) is 0.265. The fraction of sp³-hybridized carbons (Fsp3) is 0.333. The molecule has 0 aromatic heterocycles. The number of carbonyl (C=O) groups excluding carboxylic acids is 2. The van der Waals surface area contributed by atoms with Gasteiger partial charge in [0.15, 0.2) is 11.5 Å². The molecule has 2 aliphatic heterocycles. The van der Waals surface area contributed by atoms with Gasteiger partial charge in [-0.1, -0.05) is 30.3 Å². The second-order valence-corrected chi connectivity index (χ2v) is 6.98. The number of nitrogens with zero attached hydrogens (tertiary/aromatic N) is 1. The number of amides is 3. The Bertz CT molecular complexity index is 871. The molecule has 0 bridgehead atoms. The number of benzene rings is 2. The molecule has 1 saturated heterocycles. The lowest BCUT2D eigenvalue weighted by Crippen LogP contribution is -2.44. The largest absolute Gasteiger partial charge is 0.486 e. The Morgan fingerprint density at radius 3 is 2.64 bits per heavy atom. The summed E-state index contributed by atoms with van der Waals surface area (Å²) in [5.74, 6) is 1.30. The maximum absolute atomic E-state index is 12.5. The van der Waals surface area contributed by atoms with Crippen LogP contribution >= 0.6 is 0 Å². The molecule has 1 fully saturated rings. The minimum Gasteiger partial charge on any atom is -0.486 e. The lowest BCUT2D eigenvalue weighted by molar-refractivity contribution is -0.117. The Balaban J connectivity index is 1.36. The second-order valence-electron chi connectivity index (χ2n) is 6.98. The van der Waals surface area contributed by atoms with Gasteiger partial charge >= 0.3 is 6.03 Å². The number of ether oxygens (including phenoxy) is 2. The lowest BCUT2D eigenvalue weighted by atomic mass is 10.1. The summed E-state index contributed by atoms with van der Waals surface area (Å²) >= 11 is 0. The van der Waals surface area contributed by atoms with Crippen molar-refractivity contribution in [2.75, 3.05) is 24.7 Å². The van der Waals surface area contributed by atoms with Crippen molar-refractivity contribution in [2.45, 2.75) is 25.4 Å². The molecule has 2 atom stereocenters. The van der Waals surface area contributed by atoms with Gasteiger partial charge in [0, 0.05) is 24.7 Å². The molecular weight excluding hydrogens is 358 g/mol. The van der Waals surface area contributed by atoms with E-state index in [-0.39, 0.29) is 30.4 Å². The Morgan fingerprint density at radius 2 is 1.86 bits per heavy atom. The number of hydrogen-bond acceptors (Lipinski definition) is 4. The molecule has 0 unspecified atom stereocenters. The standard InChI is InChI=1S/C21H23N3O4/c1-14(15-5-3-2-4-6-15)22-21(26)23-16-11-20(25)24(13-16)17-7-8-18-19(12-17)28-10-9-27-18/h2-8,12,14,16H,9-11,13H2,1H3,(H2,22,23,26)/t14-,16+/m0/s1. The Labute approximate surface area is 163 Å². The van der Waals surface area contributed by atoms with E-state index in [9.17, 15) is 9.59 Å². The summed E-state index contributed by atoms with van der Waals surface area (Å²) in [5.41, 5.74) is 1.77. The summed E-state index contributed by atoms with van der Waals surface area (Å²) in [4.78, 5) is 26.5. The van der Waals surface area contributed by atoms with Crippen molar-refractivity contribution in [1.29, 1.82) is 0 Å². The molecule has 146 valence electrons. The lowest BCUT2D eigenvalue weighted by Gasteiger charge is -2.22. The normalized spacial score (nSPS) is 19.2. The highest BCUT2D eigenvalue weighted by Crippen LogP contribution is 2.35. The average Bonchev–Trinajstić information content (AvgIpc) is 3.08. The zero-order chi connectivity index (χ0) is 19.5. The number of fused-ring (bicyclic) bond motifs is 1. The minimum absolute atomic E-state index is 0.0296. The van der Waals surface area contributed by atoms with Crippen LogP contribution in [0.2, 0.25) is 0 Å². The Kier molecular flexibility index (Phi) is 5.06. The van der Waals surface area contributed by atoms with Crippen LogP contribution in [0.25, 0.3) is 0 Å². The van der Waals surface area contributed by atoms with E-state index in [1.165, 1.54) is 0 Å². The highest BCUT2D eigenvalue weighted by molar-refractivity contribution is 5.97. The molecule has 7 nitrogen and oxygen atoms in total. The van der Waals surface area contributed by atoms with Gasteiger partial charge in [0.25, 0.3) is 0 Å². The summed E-state index contributed by atoms with van der Waals surface area (Å²) in [6, 6.07) is 14.6. The van der Waals surface area contributed by atoms with Crippen LogP contribution in [0.1, 0.15) is 24.9 Å². The molecule has 4 rings (SSSR count). The molecule has 28 heavy (non-hydrogen) atoms. The number of nitrogens with one attached hydrogen (secondary N) is 2. The van der Waals surface area contributed by atoms with E-state index >= 15 is 0 Å². The molecule has 0 spiro atoms. The molecule has 0 aliphatic carbocycles. The van der Waals surface area contributed by atoms with E-state index in [0.29, 0.717) is 31.3 Å². The van der Waals surface area contributed by atoms with Crippen LogP contribution in [0.5, 0.6) is 11.5 Å². The molecule has 3 amide bonds. The van der Waals surface area contributed by atoms with Crippen molar-refractivity contribution in [2.24, 2.45) is 0 Å². The molecule has 0 radical (unpaired) electrons. The van der Waals surface area contributed by atoms with Gasteiger partial charge in [-0.15, -0.1) is 0 Å². The third-order valence-electron chi connectivity index (χ3n) is 4.94. The molecule has 0 saturated carbocycles. The first-order chi connectivity index (χ1) is 13.6. The zero-order valence-electron chi connectivity index (χ0n) is 15.7. The Morgan fingerprint density at radius 1 is 1.11 bits per heavy atom. The molecule has 2 aliphatic rings. The molecule has 2 heterocycles. The number of carbonyl (C=O) groups is 2. The van der Waals surface area contributed by atoms with E-state index in [4.69, 9.17) is 9.47 Å². The van der Waals surface area contributed by atoms with Crippen molar-refractivity contribution in [3.8, 4) is 11.5 Å². The number of hydrogen-bond donors (Lipinski definition) is 2. The number of anilines is 1. The van der Waals surface area contributed by atoms with E-state index < -0.39 is 0 Å². The van der Waals surface area contributed by atoms with Gasteiger partial charge < -0.3 is 25.0 Å². The van der Waals surface area contributed by atoms with E-state index in [1.807, 2.05) is 55.5 Å². The van der Waals surface area contributed by atoms with E-state index in [2.05, 4.69) is 10.6 Å². The van der Waals surface area contributed by atoms with Crippen molar-refractivity contribution in [3.63, 3.8) is 0 Å². The summed E-state index contributed by atoms with van der Waals surface area (Å²) in [7, 11) is 0. The van der Waals surface area contributed by atoms with Gasteiger partial charge in [-0.25, -0.2) is 4.79 Å². The van der Waals surface area contributed by atoms with Crippen LogP contribution in [0, 0.1) is 0 Å². The number of rotatable bonds is 4. The average molecular weight is 381 g/mol. The fourth-order valence-corrected chi connectivity index (χ4v) is 3.50. The first-order valence-electron chi connectivity index (χ1n) is 9.42. The van der Waals surface area contributed by atoms with Gasteiger partial charge in [0.05, 0.1) is 12.1 Å². The van der Waals surface area contributed by atoms with Crippen LogP contribution in [-0.4, -0.2) is 37.7 Å². The smallest absolute Gasteiger partial charge is 0.315 e. The van der Waals surface area contributed by atoms with Gasteiger partial charge in [-0.3, -0.25) is 4.79 Å². The molecule has 2 N–H and O–H groups in total. The monoisotopic (exact) mass is 381 g/mol.